The molecule has 0 amide bonds. The minimum atomic E-state index is -1.54. The molecule has 23 heavy (non-hydrogen) atoms. The maximum Gasteiger partial charge on any atom is 0.160 e. The summed E-state index contributed by atoms with van der Waals surface area (Å²) in [6.07, 6.45) is 0. The first-order chi connectivity index (χ1) is 10.6. The van der Waals surface area contributed by atoms with Crippen LogP contribution in [0, 0.1) is 23.5 Å². The molecule has 0 aromatic heterocycles. The third-order valence-electron chi connectivity index (χ3n) is 4.75. The van der Waals surface area contributed by atoms with Crippen LogP contribution in [-0.2, 0) is 0 Å². The quantitative estimate of drug-likeness (QED) is 0.506. The van der Waals surface area contributed by atoms with E-state index in [2.05, 4.69) is 57.8 Å². The number of benzene rings is 2. The molecule has 0 fully saturated rings. The molecule has 0 aliphatic heterocycles. The molecule has 0 heterocycles. The first-order valence-corrected chi connectivity index (χ1v) is 10.7. The zero-order chi connectivity index (χ0) is 17.3. The highest BCUT2D eigenvalue weighted by atomic mass is 28.3. The Bertz CT molecular complexity index is 757. The molecule has 0 N–H and O–H groups in total. The van der Waals surface area contributed by atoms with Crippen LogP contribution in [0.25, 0.3) is 0 Å². The van der Waals surface area contributed by atoms with E-state index in [1.165, 1.54) is 11.3 Å². The van der Waals surface area contributed by atoms with E-state index in [4.69, 9.17) is 0 Å². The summed E-state index contributed by atoms with van der Waals surface area (Å²) < 4.78 is 26.1. The van der Waals surface area contributed by atoms with Crippen molar-refractivity contribution in [3.05, 3.63) is 65.2 Å². The number of halogens is 2. The Balaban J connectivity index is 2.25. The van der Waals surface area contributed by atoms with Crippen LogP contribution in [-0.4, -0.2) is 8.07 Å². The largest absolute Gasteiger partial charge is 0.204 e. The van der Waals surface area contributed by atoms with Gasteiger partial charge in [-0.25, -0.2) is 8.78 Å². The normalized spacial score (nSPS) is 11.8. The first-order valence-electron chi connectivity index (χ1n) is 7.69. The molecule has 2 aromatic carbocycles. The molecule has 0 aliphatic rings. The van der Waals surface area contributed by atoms with Crippen LogP contribution in [0.3, 0.4) is 0 Å². The van der Waals surface area contributed by atoms with Crippen LogP contribution in [0.4, 0.5) is 8.78 Å². The summed E-state index contributed by atoms with van der Waals surface area (Å²) in [5, 5.41) is 1.68. The second-order valence-electron chi connectivity index (χ2n) is 7.33. The van der Waals surface area contributed by atoms with E-state index in [1.54, 1.807) is 0 Å². The number of hydrogen-bond donors (Lipinski definition) is 0. The monoisotopic (exact) mass is 328 g/mol. The minimum Gasteiger partial charge on any atom is -0.204 e. The van der Waals surface area contributed by atoms with Gasteiger partial charge in [0.25, 0.3) is 0 Å². The summed E-state index contributed by atoms with van der Waals surface area (Å²) in [7, 11) is -1.54. The third-order valence-corrected chi connectivity index (χ3v) is 10.3. The summed E-state index contributed by atoms with van der Waals surface area (Å²) in [5.41, 5.74) is 1.34. The van der Waals surface area contributed by atoms with Gasteiger partial charge in [-0.05, 0) is 35.4 Å². The van der Waals surface area contributed by atoms with Gasteiger partial charge < -0.3 is 0 Å². The molecule has 0 bridgehead atoms. The van der Waals surface area contributed by atoms with Gasteiger partial charge in [-0.2, -0.15) is 0 Å². The molecule has 0 nitrogen and oxygen atoms in total. The SMILES string of the molecule is CC(C)(C)[Si](C)(C)c1ccc(C#Cc2ccc(F)c(F)c2)cc1. The van der Waals surface area contributed by atoms with E-state index >= 15 is 0 Å². The van der Waals surface area contributed by atoms with Crippen LogP contribution in [0.15, 0.2) is 42.5 Å². The fourth-order valence-corrected chi connectivity index (χ4v) is 3.99. The lowest BCUT2D eigenvalue weighted by Crippen LogP contribution is -2.49. The summed E-state index contributed by atoms with van der Waals surface area (Å²) in [6, 6.07) is 12.0. The fraction of sp³-hybridized carbons (Fsp3) is 0.300. The standard InChI is InChI=1S/C20H22F2Si/c1-20(2,3)23(4,5)17-11-8-15(9-12-17)6-7-16-10-13-18(21)19(22)14-16/h8-14H,1-5H3. The average molecular weight is 328 g/mol. The van der Waals surface area contributed by atoms with Crippen molar-refractivity contribution < 1.29 is 8.78 Å². The molecule has 120 valence electrons. The second-order valence-corrected chi connectivity index (χ2v) is 12.7. The van der Waals surface area contributed by atoms with Crippen LogP contribution in [0.1, 0.15) is 31.9 Å². The van der Waals surface area contributed by atoms with Gasteiger partial charge in [-0.3, -0.25) is 0 Å². The number of hydrogen-bond acceptors (Lipinski definition) is 0. The molecule has 2 rings (SSSR count). The lowest BCUT2D eigenvalue weighted by molar-refractivity contribution is 0.508. The van der Waals surface area contributed by atoms with Gasteiger partial charge in [0, 0.05) is 11.1 Å². The lowest BCUT2D eigenvalue weighted by Gasteiger charge is -2.37. The first kappa shape index (κ1) is 17.4. The predicted molar refractivity (Wildman–Crippen MR) is 95.6 cm³/mol. The smallest absolute Gasteiger partial charge is 0.160 e. The number of rotatable bonds is 1. The predicted octanol–water partition coefficient (Wildman–Crippen LogP) is 5.08. The van der Waals surface area contributed by atoms with Gasteiger partial charge >= 0.3 is 0 Å². The highest BCUT2D eigenvalue weighted by Crippen LogP contribution is 2.35. The molecule has 0 atom stereocenters. The highest BCUT2D eigenvalue weighted by molar-refractivity contribution is 6.92. The summed E-state index contributed by atoms with van der Waals surface area (Å²) >= 11 is 0. The fourth-order valence-electron chi connectivity index (χ4n) is 2.12. The van der Waals surface area contributed by atoms with E-state index in [1.807, 2.05) is 12.1 Å². The Morgan fingerprint density at radius 2 is 1.30 bits per heavy atom. The van der Waals surface area contributed by atoms with Crippen LogP contribution >= 0.6 is 0 Å². The van der Waals surface area contributed by atoms with Gasteiger partial charge in [0.1, 0.15) is 0 Å². The topological polar surface area (TPSA) is 0 Å². The minimum absolute atomic E-state index is 0.284. The van der Waals surface area contributed by atoms with E-state index in [-0.39, 0.29) is 5.04 Å². The Labute approximate surface area is 138 Å². The molecule has 0 unspecified atom stereocenters. The Morgan fingerprint density at radius 1 is 0.783 bits per heavy atom. The van der Waals surface area contributed by atoms with Crippen LogP contribution < -0.4 is 5.19 Å². The molecule has 2 aromatic rings. The van der Waals surface area contributed by atoms with Crippen molar-refractivity contribution in [2.45, 2.75) is 38.9 Å². The van der Waals surface area contributed by atoms with Crippen molar-refractivity contribution in [2.75, 3.05) is 0 Å². The van der Waals surface area contributed by atoms with Crippen molar-refractivity contribution in [3.8, 4) is 11.8 Å². The van der Waals surface area contributed by atoms with Gasteiger partial charge in [0.2, 0.25) is 0 Å². The molecular weight excluding hydrogens is 306 g/mol. The van der Waals surface area contributed by atoms with Gasteiger partial charge in [0.05, 0.1) is 8.07 Å². The Morgan fingerprint density at radius 3 is 1.83 bits per heavy atom. The van der Waals surface area contributed by atoms with Crippen molar-refractivity contribution in [2.24, 2.45) is 0 Å². The van der Waals surface area contributed by atoms with Gasteiger partial charge in [0.15, 0.2) is 11.6 Å². The molecule has 0 saturated heterocycles. The van der Waals surface area contributed by atoms with E-state index in [0.717, 1.165) is 17.7 Å². The Kier molecular flexibility index (Phi) is 4.77. The average Bonchev–Trinajstić information content (AvgIpc) is 2.48. The van der Waals surface area contributed by atoms with Gasteiger partial charge in [-0.15, -0.1) is 0 Å². The highest BCUT2D eigenvalue weighted by Gasteiger charge is 2.36. The molecular formula is C20H22F2Si. The zero-order valence-corrected chi connectivity index (χ0v) is 15.3. The molecule has 0 aliphatic carbocycles. The summed E-state index contributed by atoms with van der Waals surface area (Å²) in [4.78, 5) is 0. The van der Waals surface area contributed by atoms with Crippen molar-refractivity contribution in [3.63, 3.8) is 0 Å². The van der Waals surface area contributed by atoms with E-state index in [0.29, 0.717) is 5.56 Å². The Hall–Kier alpha value is -1.92. The lowest BCUT2D eigenvalue weighted by atomic mass is 10.2. The van der Waals surface area contributed by atoms with E-state index < -0.39 is 19.7 Å². The summed E-state index contributed by atoms with van der Waals surface area (Å²) in [5.74, 6) is 4.15. The van der Waals surface area contributed by atoms with Crippen LogP contribution in [0.2, 0.25) is 18.1 Å². The summed E-state index contributed by atoms with van der Waals surface area (Å²) in [6.45, 7) is 11.6. The van der Waals surface area contributed by atoms with Crippen molar-refractivity contribution in [1.29, 1.82) is 0 Å². The third kappa shape index (κ3) is 3.89. The van der Waals surface area contributed by atoms with Gasteiger partial charge in [-0.1, -0.05) is 63.0 Å². The van der Waals surface area contributed by atoms with Crippen molar-refractivity contribution in [1.82, 2.24) is 0 Å². The maximum absolute atomic E-state index is 13.2. The molecule has 3 heteroatoms. The van der Waals surface area contributed by atoms with E-state index in [9.17, 15) is 8.78 Å². The van der Waals surface area contributed by atoms with Crippen LogP contribution in [0.5, 0.6) is 0 Å². The molecule has 0 radical (unpaired) electrons. The second kappa shape index (κ2) is 6.29. The zero-order valence-electron chi connectivity index (χ0n) is 14.3. The maximum atomic E-state index is 13.2. The molecule has 0 saturated carbocycles. The van der Waals surface area contributed by atoms with Crippen molar-refractivity contribution >= 4 is 13.3 Å². The molecule has 0 spiro atoms.